The van der Waals surface area contributed by atoms with Gasteiger partial charge in [-0.1, -0.05) is 96.8 Å². The van der Waals surface area contributed by atoms with Gasteiger partial charge >= 0.3 is 7.32 Å². The van der Waals surface area contributed by atoms with E-state index in [-0.39, 0.29) is 19.8 Å². The molecule has 8 nitrogen and oxygen atoms in total. The minimum Gasteiger partial charge on any atom is -0.402 e. The Bertz CT molecular complexity index is 345. The van der Waals surface area contributed by atoms with Crippen molar-refractivity contribution in [3.8, 4) is 0 Å². The highest BCUT2D eigenvalue weighted by Crippen LogP contribution is 2.17. The first-order valence-corrected chi connectivity index (χ1v) is 12.1. The third-order valence-electron chi connectivity index (χ3n) is 5.21. The van der Waals surface area contributed by atoms with E-state index in [1.54, 1.807) is 0 Å². The van der Waals surface area contributed by atoms with Gasteiger partial charge in [0.05, 0.1) is 26.4 Å². The summed E-state index contributed by atoms with van der Waals surface area (Å²) in [5.41, 5.74) is -1.37. The summed E-state index contributed by atoms with van der Waals surface area (Å²) in [6.07, 6.45) is 17.2. The summed E-state index contributed by atoms with van der Waals surface area (Å²) in [7, 11) is -1.91. The topological polar surface area (TPSA) is 151 Å². The normalized spacial score (nSPS) is 13.1. The van der Waals surface area contributed by atoms with E-state index in [0.717, 1.165) is 19.3 Å². The molecule has 0 radical (unpaired) electrons. The van der Waals surface area contributed by atoms with Crippen LogP contribution in [0.2, 0.25) is 0 Å². The van der Waals surface area contributed by atoms with E-state index in [2.05, 4.69) is 11.6 Å². The zero-order valence-corrected chi connectivity index (χ0v) is 19.6. The van der Waals surface area contributed by atoms with Crippen LogP contribution in [0.1, 0.15) is 103 Å². The van der Waals surface area contributed by atoms with Gasteiger partial charge in [0.15, 0.2) is 0 Å². The van der Waals surface area contributed by atoms with Crippen molar-refractivity contribution in [2.45, 2.75) is 115 Å². The van der Waals surface area contributed by atoms with Crippen LogP contribution in [0.3, 0.4) is 0 Å². The van der Waals surface area contributed by atoms with Crippen LogP contribution in [-0.4, -0.2) is 81.0 Å². The first-order chi connectivity index (χ1) is 14.8. The van der Waals surface area contributed by atoms with Gasteiger partial charge in [0, 0.05) is 0 Å². The summed E-state index contributed by atoms with van der Waals surface area (Å²) in [5.74, 6) is 0. The molecule has 0 aliphatic rings. The fourth-order valence-electron chi connectivity index (χ4n) is 3.13. The predicted molar refractivity (Wildman–Crippen MR) is 123 cm³/mol. The molecule has 0 spiro atoms. The lowest BCUT2D eigenvalue weighted by molar-refractivity contribution is -0.0637. The Labute approximate surface area is 189 Å². The molecule has 9 heteroatoms. The van der Waals surface area contributed by atoms with Crippen molar-refractivity contribution in [2.24, 2.45) is 0 Å². The maximum absolute atomic E-state index is 10.1. The van der Waals surface area contributed by atoms with Gasteiger partial charge in [-0.05, 0) is 6.42 Å². The molecule has 0 saturated carbocycles. The Morgan fingerprint density at radius 3 is 1.39 bits per heavy atom. The minimum atomic E-state index is -1.91. The molecule has 0 aliphatic carbocycles. The Morgan fingerprint density at radius 1 is 0.710 bits per heavy atom. The van der Waals surface area contributed by atoms with Crippen LogP contribution >= 0.6 is 0 Å². The third kappa shape index (κ3) is 25.9. The molecule has 0 aromatic carbocycles. The van der Waals surface area contributed by atoms with Gasteiger partial charge in [0.25, 0.3) is 0 Å². The second-order valence-corrected chi connectivity index (χ2v) is 8.38. The van der Waals surface area contributed by atoms with Gasteiger partial charge in [-0.3, -0.25) is 0 Å². The van der Waals surface area contributed by atoms with E-state index >= 15 is 0 Å². The van der Waals surface area contributed by atoms with Gasteiger partial charge in [-0.15, -0.1) is 0 Å². The number of hydrogen-bond donors (Lipinski definition) is 7. The first kappa shape index (κ1) is 32.9. The fourth-order valence-corrected chi connectivity index (χ4v) is 3.13. The van der Waals surface area contributed by atoms with E-state index in [4.69, 9.17) is 25.4 Å². The monoisotopic (exact) mass is 452 g/mol. The Hall–Kier alpha value is -0.255. The number of hydrogen-bond acceptors (Lipinski definition) is 8. The van der Waals surface area contributed by atoms with E-state index < -0.39 is 25.6 Å². The largest absolute Gasteiger partial charge is 0.634 e. The highest BCUT2D eigenvalue weighted by molar-refractivity contribution is 6.32. The van der Waals surface area contributed by atoms with Crippen LogP contribution in [0.5, 0.6) is 0 Å². The molecular formula is C22H49BO8. The van der Waals surface area contributed by atoms with Crippen LogP contribution in [-0.2, 0) is 4.65 Å². The molecule has 0 aromatic heterocycles. The molecule has 0 heterocycles. The molecule has 31 heavy (non-hydrogen) atoms. The quantitative estimate of drug-likeness (QED) is 0.103. The van der Waals surface area contributed by atoms with E-state index in [9.17, 15) is 10.2 Å². The van der Waals surface area contributed by atoms with Crippen LogP contribution in [0.4, 0.5) is 0 Å². The second kappa shape index (κ2) is 24.4. The molecule has 188 valence electrons. The predicted octanol–water partition coefficient (Wildman–Crippen LogP) is 1.90. The smallest absolute Gasteiger partial charge is 0.402 e. The van der Waals surface area contributed by atoms with Gasteiger partial charge in [-0.2, -0.15) is 0 Å². The van der Waals surface area contributed by atoms with Crippen molar-refractivity contribution < 1.29 is 40.2 Å². The van der Waals surface area contributed by atoms with Crippen LogP contribution in [0.15, 0.2) is 0 Å². The average molecular weight is 452 g/mol. The van der Waals surface area contributed by atoms with Crippen LogP contribution in [0, 0.1) is 0 Å². The summed E-state index contributed by atoms with van der Waals surface area (Å²) >= 11 is 0. The molecule has 1 atom stereocenters. The molecule has 0 rings (SSSR count). The summed E-state index contributed by atoms with van der Waals surface area (Å²) in [6.45, 7) is 0.828. The van der Waals surface area contributed by atoms with Crippen molar-refractivity contribution in [1.82, 2.24) is 0 Å². The van der Waals surface area contributed by atoms with Crippen molar-refractivity contribution in [3.05, 3.63) is 0 Å². The van der Waals surface area contributed by atoms with Crippen LogP contribution in [0.25, 0.3) is 0 Å². The molecule has 0 aliphatic heterocycles. The minimum absolute atomic E-state index is 0.264. The van der Waals surface area contributed by atoms with Gasteiger partial charge in [0.2, 0.25) is 0 Å². The van der Waals surface area contributed by atoms with Gasteiger partial charge in [-0.25, -0.2) is 0 Å². The van der Waals surface area contributed by atoms with Gasteiger partial charge < -0.3 is 40.2 Å². The van der Waals surface area contributed by atoms with Crippen LogP contribution < -0.4 is 0 Å². The Balaban J connectivity index is 0. The lowest BCUT2D eigenvalue weighted by atomic mass is 9.96. The highest BCUT2D eigenvalue weighted by atomic mass is 16.6. The Kier molecular flexibility index (Phi) is 25.9. The second-order valence-electron chi connectivity index (χ2n) is 8.38. The van der Waals surface area contributed by atoms with Crippen molar-refractivity contribution in [2.75, 3.05) is 26.4 Å². The summed E-state index contributed by atoms with van der Waals surface area (Å²) in [5, 5.41) is 60.6. The summed E-state index contributed by atoms with van der Waals surface area (Å²) in [4.78, 5) is 0. The number of rotatable bonds is 21. The molecule has 1 unspecified atom stereocenters. The number of aliphatic hydroxyl groups is 5. The summed E-state index contributed by atoms with van der Waals surface area (Å²) < 4.78 is 4.57. The Morgan fingerprint density at radius 2 is 1.10 bits per heavy atom. The molecule has 0 fully saturated rings. The molecule has 0 amide bonds. The first-order valence-electron chi connectivity index (χ1n) is 12.1. The van der Waals surface area contributed by atoms with E-state index in [1.807, 2.05) is 0 Å². The summed E-state index contributed by atoms with van der Waals surface area (Å²) in [6, 6.07) is 0. The number of unbranched alkanes of at least 4 members (excludes halogenated alkanes) is 13. The zero-order chi connectivity index (χ0) is 23.8. The molecule has 0 bridgehead atoms. The molecular weight excluding hydrogens is 403 g/mol. The third-order valence-corrected chi connectivity index (χ3v) is 5.21. The maximum Gasteiger partial charge on any atom is 0.634 e. The van der Waals surface area contributed by atoms with Gasteiger partial charge in [0.1, 0.15) is 11.7 Å². The van der Waals surface area contributed by atoms with E-state index in [1.165, 1.54) is 70.6 Å². The van der Waals surface area contributed by atoms with Crippen molar-refractivity contribution in [1.29, 1.82) is 0 Å². The van der Waals surface area contributed by atoms with Crippen molar-refractivity contribution in [3.63, 3.8) is 0 Å². The average Bonchev–Trinajstić information content (AvgIpc) is 2.77. The maximum atomic E-state index is 10.1. The lowest BCUT2D eigenvalue weighted by Crippen LogP contribution is -2.41. The van der Waals surface area contributed by atoms with Crippen molar-refractivity contribution >= 4 is 7.32 Å². The lowest BCUT2D eigenvalue weighted by Gasteiger charge is -2.25. The fraction of sp³-hybridized carbons (Fsp3) is 1.00. The van der Waals surface area contributed by atoms with E-state index in [0.29, 0.717) is 6.42 Å². The molecule has 0 aromatic rings. The number of aliphatic hydroxyl groups excluding tert-OH is 4. The molecule has 7 N–H and O–H groups in total. The standard InChI is InChI=1S/C19H41BO5.C3H8O3/c1-2-3-4-5-6-7-8-9-10-11-12-13-14-15-16-19(22,17-21)18-25-20(23)24;4-1-3(6)2-5/h21-24H,2-18H2,1H3;3-6H,1-2H2. The molecule has 0 saturated heterocycles. The highest BCUT2D eigenvalue weighted by Gasteiger charge is 2.27. The SMILES string of the molecule is CCCCCCCCCCCCCCCCC(O)(CO)COB(O)O.OCC(O)CO. The zero-order valence-electron chi connectivity index (χ0n) is 19.6.